The van der Waals surface area contributed by atoms with Gasteiger partial charge in [-0.3, -0.25) is 0 Å². The Morgan fingerprint density at radius 3 is 2.47 bits per heavy atom. The van der Waals surface area contributed by atoms with E-state index in [9.17, 15) is 0 Å². The smallest absolute Gasteiger partial charge is 0.162 e. The van der Waals surface area contributed by atoms with E-state index >= 15 is 0 Å². The Morgan fingerprint density at radius 1 is 1.21 bits per heavy atom. The van der Waals surface area contributed by atoms with Crippen molar-refractivity contribution in [3.05, 3.63) is 38.5 Å². The van der Waals surface area contributed by atoms with Gasteiger partial charge in [-0.15, -0.1) is 11.3 Å². The number of rotatable bonds is 5. The molecule has 0 saturated heterocycles. The second-order valence-electron chi connectivity index (χ2n) is 4.07. The van der Waals surface area contributed by atoms with Crippen molar-refractivity contribution >= 4 is 33.0 Å². The van der Waals surface area contributed by atoms with Crippen LogP contribution in [0, 0.1) is 6.92 Å². The van der Waals surface area contributed by atoms with Crippen molar-refractivity contribution in [3.63, 3.8) is 0 Å². The minimum Gasteiger partial charge on any atom is -0.493 e. The minimum absolute atomic E-state index is 0.737. The summed E-state index contributed by atoms with van der Waals surface area (Å²) in [6, 6.07) is 6.00. The van der Waals surface area contributed by atoms with Gasteiger partial charge < -0.3 is 14.8 Å². The lowest BCUT2D eigenvalue weighted by atomic mass is 10.1. The summed E-state index contributed by atoms with van der Waals surface area (Å²) in [5.74, 6) is 1.49. The lowest BCUT2D eigenvalue weighted by Gasteiger charge is -2.14. The summed E-state index contributed by atoms with van der Waals surface area (Å²) in [5.41, 5.74) is 2.18. The van der Waals surface area contributed by atoms with Crippen LogP contribution in [0.15, 0.2) is 28.1 Å². The van der Waals surface area contributed by atoms with E-state index in [0.29, 0.717) is 0 Å². The normalized spacial score (nSPS) is 10.3. The zero-order chi connectivity index (χ0) is 13.8. The van der Waals surface area contributed by atoms with Crippen molar-refractivity contribution in [2.24, 2.45) is 0 Å². The Bertz CT molecular complexity index is 569. The van der Waals surface area contributed by atoms with Gasteiger partial charge in [0.1, 0.15) is 0 Å². The highest BCUT2D eigenvalue weighted by Crippen LogP contribution is 2.33. The molecule has 19 heavy (non-hydrogen) atoms. The van der Waals surface area contributed by atoms with Gasteiger partial charge in [0.25, 0.3) is 0 Å². The number of benzene rings is 1. The summed E-state index contributed by atoms with van der Waals surface area (Å²) in [7, 11) is 3.29. The molecule has 3 nitrogen and oxygen atoms in total. The summed E-state index contributed by atoms with van der Waals surface area (Å²) < 4.78 is 11.7. The Morgan fingerprint density at radius 2 is 1.89 bits per heavy atom. The van der Waals surface area contributed by atoms with E-state index in [0.717, 1.165) is 33.8 Å². The van der Waals surface area contributed by atoms with Crippen LogP contribution in [0.5, 0.6) is 11.5 Å². The second kappa shape index (κ2) is 6.30. The molecule has 2 aromatic rings. The molecule has 5 heteroatoms. The molecule has 0 atom stereocenters. The highest BCUT2D eigenvalue weighted by atomic mass is 79.9. The fourth-order valence-electron chi connectivity index (χ4n) is 1.80. The monoisotopic (exact) mass is 341 g/mol. The maximum absolute atomic E-state index is 5.32. The zero-order valence-corrected chi connectivity index (χ0v) is 13.5. The van der Waals surface area contributed by atoms with Crippen molar-refractivity contribution in [3.8, 4) is 11.5 Å². The van der Waals surface area contributed by atoms with E-state index in [1.807, 2.05) is 19.1 Å². The molecule has 1 N–H and O–H groups in total. The number of nitrogens with one attached hydrogen (secondary N) is 1. The van der Waals surface area contributed by atoms with Crippen LogP contribution >= 0.6 is 27.3 Å². The first-order valence-corrected chi connectivity index (χ1v) is 7.51. The van der Waals surface area contributed by atoms with E-state index in [2.05, 4.69) is 32.7 Å². The molecule has 0 aliphatic heterocycles. The molecular weight excluding hydrogens is 326 g/mol. The summed E-state index contributed by atoms with van der Waals surface area (Å²) >= 11 is 5.26. The van der Waals surface area contributed by atoms with Gasteiger partial charge in [-0.1, -0.05) is 0 Å². The van der Waals surface area contributed by atoms with E-state index in [1.54, 1.807) is 25.6 Å². The minimum atomic E-state index is 0.737. The molecule has 1 heterocycles. The van der Waals surface area contributed by atoms with Crippen LogP contribution < -0.4 is 14.8 Å². The number of hydrogen-bond acceptors (Lipinski definition) is 4. The number of aryl methyl sites for hydroxylation is 1. The average molecular weight is 342 g/mol. The van der Waals surface area contributed by atoms with Gasteiger partial charge >= 0.3 is 0 Å². The third kappa shape index (κ3) is 3.22. The van der Waals surface area contributed by atoms with Crippen molar-refractivity contribution in [2.45, 2.75) is 13.5 Å². The average Bonchev–Trinajstić information content (AvgIpc) is 2.82. The van der Waals surface area contributed by atoms with Crippen molar-refractivity contribution in [1.82, 2.24) is 0 Å². The summed E-state index contributed by atoms with van der Waals surface area (Å²) in [4.78, 5) is 1.27. The van der Waals surface area contributed by atoms with E-state index in [-0.39, 0.29) is 0 Å². The van der Waals surface area contributed by atoms with Crippen LogP contribution in [-0.2, 0) is 6.54 Å². The predicted molar refractivity (Wildman–Crippen MR) is 83.6 cm³/mol. The number of anilines is 1. The molecule has 1 aromatic carbocycles. The first-order chi connectivity index (χ1) is 9.15. The first kappa shape index (κ1) is 14.2. The molecule has 0 spiro atoms. The Balaban J connectivity index is 2.18. The number of ether oxygens (including phenoxy) is 2. The van der Waals surface area contributed by atoms with Gasteiger partial charge in [0.2, 0.25) is 0 Å². The Labute approximate surface area is 125 Å². The van der Waals surface area contributed by atoms with Crippen molar-refractivity contribution < 1.29 is 9.47 Å². The van der Waals surface area contributed by atoms with Gasteiger partial charge in [-0.2, -0.15) is 0 Å². The Hall–Kier alpha value is -1.20. The van der Waals surface area contributed by atoms with Gasteiger partial charge in [-0.05, 0) is 45.9 Å². The third-order valence-electron chi connectivity index (χ3n) is 2.86. The predicted octanol–water partition coefficient (Wildman–Crippen LogP) is 4.45. The van der Waals surface area contributed by atoms with Crippen LogP contribution in [0.25, 0.3) is 0 Å². The molecule has 0 aliphatic rings. The lowest BCUT2D eigenvalue weighted by molar-refractivity contribution is 0.355. The molecule has 0 fully saturated rings. The van der Waals surface area contributed by atoms with E-state index < -0.39 is 0 Å². The maximum atomic E-state index is 5.32. The molecule has 0 radical (unpaired) electrons. The molecule has 2 rings (SSSR count). The van der Waals surface area contributed by atoms with Gasteiger partial charge in [0, 0.05) is 21.1 Å². The van der Waals surface area contributed by atoms with E-state index in [1.165, 1.54) is 4.88 Å². The molecule has 0 aliphatic carbocycles. The molecule has 0 saturated carbocycles. The number of halogens is 1. The van der Waals surface area contributed by atoms with Crippen LogP contribution in [-0.4, -0.2) is 14.2 Å². The van der Waals surface area contributed by atoms with Crippen LogP contribution in [0.4, 0.5) is 5.69 Å². The topological polar surface area (TPSA) is 30.5 Å². The first-order valence-electron chi connectivity index (χ1n) is 5.84. The SMILES string of the molecule is COc1cc(C)c(NCc2sccc2Br)cc1OC. The molecule has 0 amide bonds. The molecule has 102 valence electrons. The third-order valence-corrected chi connectivity index (χ3v) is 4.79. The standard InChI is InChI=1S/C14H16BrNO2S/c1-9-6-12(17-2)13(18-3)7-11(9)16-8-14-10(15)4-5-19-14/h4-7,16H,8H2,1-3H3. The van der Waals surface area contributed by atoms with Gasteiger partial charge in [0.05, 0.1) is 20.8 Å². The highest BCUT2D eigenvalue weighted by molar-refractivity contribution is 9.10. The fourth-order valence-corrected chi connectivity index (χ4v) is 3.23. The second-order valence-corrected chi connectivity index (χ2v) is 5.92. The molecule has 0 unspecified atom stereocenters. The fraction of sp³-hybridized carbons (Fsp3) is 0.286. The van der Waals surface area contributed by atoms with Crippen LogP contribution in [0.2, 0.25) is 0 Å². The summed E-state index contributed by atoms with van der Waals surface area (Å²) in [6.45, 7) is 2.84. The highest BCUT2D eigenvalue weighted by Gasteiger charge is 2.09. The summed E-state index contributed by atoms with van der Waals surface area (Å²) in [6.07, 6.45) is 0. The molecular formula is C14H16BrNO2S. The van der Waals surface area contributed by atoms with Gasteiger partial charge in [-0.25, -0.2) is 0 Å². The van der Waals surface area contributed by atoms with E-state index in [4.69, 9.17) is 9.47 Å². The number of thiophene rings is 1. The molecule has 1 aromatic heterocycles. The molecule has 0 bridgehead atoms. The summed E-state index contributed by atoms with van der Waals surface area (Å²) in [5, 5.41) is 5.50. The van der Waals surface area contributed by atoms with Crippen molar-refractivity contribution in [1.29, 1.82) is 0 Å². The zero-order valence-electron chi connectivity index (χ0n) is 11.1. The van der Waals surface area contributed by atoms with Gasteiger partial charge in [0.15, 0.2) is 11.5 Å². The Kier molecular flexibility index (Phi) is 4.71. The maximum Gasteiger partial charge on any atom is 0.162 e. The number of methoxy groups -OCH3 is 2. The lowest BCUT2D eigenvalue weighted by Crippen LogP contribution is -2.01. The van der Waals surface area contributed by atoms with Crippen molar-refractivity contribution in [2.75, 3.05) is 19.5 Å². The number of hydrogen-bond donors (Lipinski definition) is 1. The van der Waals surface area contributed by atoms with Crippen LogP contribution in [0.1, 0.15) is 10.4 Å². The largest absolute Gasteiger partial charge is 0.493 e. The van der Waals surface area contributed by atoms with Crippen LogP contribution in [0.3, 0.4) is 0 Å². The quantitative estimate of drug-likeness (QED) is 0.871.